The van der Waals surface area contributed by atoms with Gasteiger partial charge in [0, 0.05) is 26.2 Å². The number of rotatable bonds is 3. The zero-order valence-electron chi connectivity index (χ0n) is 11.7. The zero-order valence-corrected chi connectivity index (χ0v) is 13.4. The molecule has 0 amide bonds. The lowest BCUT2D eigenvalue weighted by atomic mass is 10.0. The van der Waals surface area contributed by atoms with Crippen LogP contribution in [0.3, 0.4) is 0 Å². The van der Waals surface area contributed by atoms with Gasteiger partial charge in [-0.2, -0.15) is 13.2 Å². The van der Waals surface area contributed by atoms with E-state index in [1.54, 1.807) is 0 Å². The lowest BCUT2D eigenvalue weighted by molar-refractivity contribution is -0.137. The van der Waals surface area contributed by atoms with Gasteiger partial charge >= 0.3 is 6.18 Å². The molecular weight excluding hydrogens is 369 g/mol. The third kappa shape index (κ3) is 5.70. The van der Waals surface area contributed by atoms with Crippen molar-refractivity contribution < 1.29 is 26.3 Å². The maximum Gasteiger partial charge on any atom is 0.416 e. The van der Waals surface area contributed by atoms with E-state index in [0.29, 0.717) is 25.2 Å². The summed E-state index contributed by atoms with van der Waals surface area (Å²) in [6.45, 7) is 1.47. The minimum absolute atomic E-state index is 0. The second-order valence-electron chi connectivity index (χ2n) is 4.84. The SMILES string of the molecule is Cl.Cl.Fc1cc([C@@H](C(F)F)N2CCNCC2)cc(C(F)(F)F)c1. The van der Waals surface area contributed by atoms with Crippen molar-refractivity contribution in [2.45, 2.75) is 18.6 Å². The fraction of sp³-hybridized carbons (Fsp3) is 0.538. The summed E-state index contributed by atoms with van der Waals surface area (Å²) in [7, 11) is 0. The van der Waals surface area contributed by atoms with Crippen LogP contribution in [0.4, 0.5) is 26.3 Å². The van der Waals surface area contributed by atoms with Gasteiger partial charge in [0.1, 0.15) is 5.82 Å². The van der Waals surface area contributed by atoms with Gasteiger partial charge in [0.15, 0.2) is 0 Å². The molecule has 1 atom stereocenters. The molecule has 1 fully saturated rings. The molecule has 23 heavy (non-hydrogen) atoms. The van der Waals surface area contributed by atoms with Crippen molar-refractivity contribution in [3.05, 3.63) is 35.1 Å². The van der Waals surface area contributed by atoms with E-state index < -0.39 is 30.0 Å². The molecule has 134 valence electrons. The normalized spacial score (nSPS) is 17.3. The fourth-order valence-corrected chi connectivity index (χ4v) is 2.42. The molecule has 0 aliphatic carbocycles. The van der Waals surface area contributed by atoms with E-state index in [1.165, 1.54) is 4.90 Å². The molecule has 1 aliphatic rings. The number of piperazine rings is 1. The number of halogens is 8. The summed E-state index contributed by atoms with van der Waals surface area (Å²) in [4.78, 5) is 1.37. The second kappa shape index (κ2) is 8.96. The molecule has 0 radical (unpaired) electrons. The number of nitrogens with zero attached hydrogens (tertiary/aromatic N) is 1. The van der Waals surface area contributed by atoms with Crippen molar-refractivity contribution in [2.24, 2.45) is 0 Å². The Morgan fingerprint density at radius 1 is 1.00 bits per heavy atom. The molecule has 2 nitrogen and oxygen atoms in total. The number of alkyl halides is 5. The Morgan fingerprint density at radius 3 is 2.04 bits per heavy atom. The standard InChI is InChI=1S/C13H14F6N2.2ClH/c14-10-6-8(5-9(7-10)13(17,18)19)11(12(15)16)21-3-1-20-2-4-21;;/h5-7,11-12,20H,1-4H2;2*1H/t11-;;/m0../s1. The Hall–Kier alpha value is -0.700. The smallest absolute Gasteiger partial charge is 0.314 e. The van der Waals surface area contributed by atoms with Crippen molar-refractivity contribution in [2.75, 3.05) is 26.2 Å². The van der Waals surface area contributed by atoms with Crippen molar-refractivity contribution in [1.82, 2.24) is 10.2 Å². The number of benzene rings is 1. The third-order valence-corrected chi connectivity index (χ3v) is 3.37. The predicted octanol–water partition coefficient (Wildman–Crippen LogP) is 3.90. The highest BCUT2D eigenvalue weighted by molar-refractivity contribution is 5.85. The van der Waals surface area contributed by atoms with Gasteiger partial charge in [-0.3, -0.25) is 4.90 Å². The van der Waals surface area contributed by atoms with E-state index in [1.807, 2.05) is 0 Å². The Labute approximate surface area is 142 Å². The molecule has 1 aromatic rings. The first-order chi connectivity index (χ1) is 9.79. The molecule has 1 N–H and O–H groups in total. The van der Waals surface area contributed by atoms with Crippen LogP contribution < -0.4 is 5.32 Å². The Morgan fingerprint density at radius 2 is 1.57 bits per heavy atom. The summed E-state index contributed by atoms with van der Waals surface area (Å²) in [5, 5.41) is 2.97. The lowest BCUT2D eigenvalue weighted by Crippen LogP contribution is -2.47. The van der Waals surface area contributed by atoms with Gasteiger partial charge in [-0.25, -0.2) is 13.2 Å². The molecule has 2 rings (SSSR count). The summed E-state index contributed by atoms with van der Waals surface area (Å²) in [5.74, 6) is -1.17. The van der Waals surface area contributed by atoms with Crippen molar-refractivity contribution in [1.29, 1.82) is 0 Å². The quantitative estimate of drug-likeness (QED) is 0.795. The molecule has 1 aromatic carbocycles. The van der Waals surface area contributed by atoms with Gasteiger partial charge < -0.3 is 5.32 Å². The maximum absolute atomic E-state index is 13.4. The van der Waals surface area contributed by atoms with Gasteiger partial charge in [-0.05, 0) is 23.8 Å². The largest absolute Gasteiger partial charge is 0.416 e. The van der Waals surface area contributed by atoms with E-state index in [2.05, 4.69) is 5.32 Å². The minimum Gasteiger partial charge on any atom is -0.314 e. The number of hydrogen-bond donors (Lipinski definition) is 1. The van der Waals surface area contributed by atoms with E-state index in [-0.39, 0.29) is 43.5 Å². The predicted molar refractivity (Wildman–Crippen MR) is 79.1 cm³/mol. The average molecular weight is 385 g/mol. The van der Waals surface area contributed by atoms with Crippen LogP contribution in [0, 0.1) is 5.82 Å². The van der Waals surface area contributed by atoms with Crippen LogP contribution in [0.5, 0.6) is 0 Å². The van der Waals surface area contributed by atoms with Gasteiger partial charge in [0.25, 0.3) is 6.43 Å². The van der Waals surface area contributed by atoms with Crippen LogP contribution in [0.25, 0.3) is 0 Å². The molecule has 0 aromatic heterocycles. The first kappa shape index (κ1) is 22.3. The highest BCUT2D eigenvalue weighted by Crippen LogP contribution is 2.34. The topological polar surface area (TPSA) is 15.3 Å². The molecule has 0 saturated carbocycles. The van der Waals surface area contributed by atoms with E-state index >= 15 is 0 Å². The number of hydrogen-bond acceptors (Lipinski definition) is 2. The second-order valence-corrected chi connectivity index (χ2v) is 4.84. The molecule has 1 heterocycles. The summed E-state index contributed by atoms with van der Waals surface area (Å²) in [5.41, 5.74) is -1.60. The Kier molecular flexibility index (Phi) is 8.69. The molecule has 0 bridgehead atoms. The van der Waals surface area contributed by atoms with Gasteiger partial charge in [-0.15, -0.1) is 24.8 Å². The monoisotopic (exact) mass is 384 g/mol. The Balaban J connectivity index is 0.00000242. The summed E-state index contributed by atoms with van der Waals surface area (Å²) in [6, 6.07) is 0.115. The van der Waals surface area contributed by atoms with Crippen molar-refractivity contribution >= 4 is 24.8 Å². The highest BCUT2D eigenvalue weighted by Gasteiger charge is 2.35. The molecule has 1 saturated heterocycles. The van der Waals surface area contributed by atoms with Gasteiger partial charge in [0.2, 0.25) is 0 Å². The summed E-state index contributed by atoms with van der Waals surface area (Å²) >= 11 is 0. The van der Waals surface area contributed by atoms with Gasteiger partial charge in [0.05, 0.1) is 11.6 Å². The molecule has 1 aliphatic heterocycles. The fourth-order valence-electron chi connectivity index (χ4n) is 2.42. The van der Waals surface area contributed by atoms with Crippen molar-refractivity contribution in [3.63, 3.8) is 0 Å². The van der Waals surface area contributed by atoms with Crippen LogP contribution in [0.15, 0.2) is 18.2 Å². The molecule has 0 unspecified atom stereocenters. The zero-order chi connectivity index (χ0) is 15.6. The molecular formula is C13H16Cl2F6N2. The van der Waals surface area contributed by atoms with Crippen LogP contribution in [0.2, 0.25) is 0 Å². The molecule has 0 spiro atoms. The summed E-state index contributed by atoms with van der Waals surface area (Å²) < 4.78 is 77.9. The summed E-state index contributed by atoms with van der Waals surface area (Å²) in [6.07, 6.45) is -7.67. The third-order valence-electron chi connectivity index (χ3n) is 3.37. The van der Waals surface area contributed by atoms with Gasteiger partial charge in [-0.1, -0.05) is 0 Å². The highest BCUT2D eigenvalue weighted by atomic mass is 35.5. The van der Waals surface area contributed by atoms with Crippen LogP contribution in [-0.4, -0.2) is 37.5 Å². The van der Waals surface area contributed by atoms with Crippen LogP contribution in [0.1, 0.15) is 17.2 Å². The number of nitrogens with one attached hydrogen (secondary N) is 1. The van der Waals surface area contributed by atoms with E-state index in [9.17, 15) is 26.3 Å². The first-order valence-electron chi connectivity index (χ1n) is 6.39. The molecule has 10 heteroatoms. The van der Waals surface area contributed by atoms with Crippen molar-refractivity contribution in [3.8, 4) is 0 Å². The van der Waals surface area contributed by atoms with Crippen LogP contribution in [-0.2, 0) is 6.18 Å². The lowest BCUT2D eigenvalue weighted by Gasteiger charge is -2.34. The van der Waals surface area contributed by atoms with Crippen LogP contribution >= 0.6 is 24.8 Å². The average Bonchev–Trinajstić information content (AvgIpc) is 2.38. The van der Waals surface area contributed by atoms with E-state index in [0.717, 1.165) is 6.07 Å². The first-order valence-corrected chi connectivity index (χ1v) is 6.39. The maximum atomic E-state index is 13.4. The Bertz CT molecular complexity index is 492. The van der Waals surface area contributed by atoms with E-state index in [4.69, 9.17) is 0 Å². The minimum atomic E-state index is -4.77.